The van der Waals surface area contributed by atoms with Crippen LogP contribution in [0, 0.1) is 6.92 Å². The van der Waals surface area contributed by atoms with Crippen LogP contribution in [0.4, 0.5) is 5.69 Å². The van der Waals surface area contributed by atoms with Gasteiger partial charge in [-0.2, -0.15) is 0 Å². The number of fused-ring (bicyclic) bond motifs is 1. The first-order valence-electron chi connectivity index (χ1n) is 11.0. The fourth-order valence-corrected chi connectivity index (χ4v) is 4.03. The summed E-state index contributed by atoms with van der Waals surface area (Å²) in [6.07, 6.45) is 4.08. The zero-order valence-electron chi connectivity index (χ0n) is 19.2. The van der Waals surface area contributed by atoms with Crippen LogP contribution in [-0.2, 0) is 22.6 Å². The lowest BCUT2D eigenvalue weighted by molar-refractivity contribution is -0.133. The lowest BCUT2D eigenvalue weighted by atomic mass is 10.0. The van der Waals surface area contributed by atoms with Crippen LogP contribution in [0.5, 0.6) is 0 Å². The molecule has 0 fully saturated rings. The molecule has 0 radical (unpaired) electrons. The van der Waals surface area contributed by atoms with Gasteiger partial charge in [0.15, 0.2) is 0 Å². The molecule has 2 heterocycles. The number of hydrogen-bond acceptors (Lipinski definition) is 3. The van der Waals surface area contributed by atoms with E-state index in [2.05, 4.69) is 10.3 Å². The maximum atomic E-state index is 13.6. The summed E-state index contributed by atoms with van der Waals surface area (Å²) in [7, 11) is 0. The van der Waals surface area contributed by atoms with E-state index < -0.39 is 0 Å². The van der Waals surface area contributed by atoms with Gasteiger partial charge in [-0.05, 0) is 48.7 Å². The lowest BCUT2D eigenvalue weighted by Gasteiger charge is -2.30. The van der Waals surface area contributed by atoms with E-state index in [1.807, 2.05) is 102 Å². The predicted octanol–water partition coefficient (Wildman–Crippen LogP) is 4.93. The molecule has 33 heavy (non-hydrogen) atoms. The molecule has 2 aromatic heterocycles. The van der Waals surface area contributed by atoms with E-state index in [0.717, 1.165) is 33.7 Å². The molecule has 168 valence electrons. The Labute approximate surface area is 193 Å². The molecular weight excluding hydrogens is 412 g/mol. The number of amides is 2. The second-order valence-corrected chi connectivity index (χ2v) is 8.32. The first-order chi connectivity index (χ1) is 15.9. The van der Waals surface area contributed by atoms with Gasteiger partial charge in [0, 0.05) is 31.5 Å². The van der Waals surface area contributed by atoms with Crippen molar-refractivity contribution in [2.45, 2.75) is 39.8 Å². The van der Waals surface area contributed by atoms with E-state index in [9.17, 15) is 9.59 Å². The second kappa shape index (κ2) is 9.69. The number of nitrogens with one attached hydrogen (secondary N) is 1. The summed E-state index contributed by atoms with van der Waals surface area (Å²) in [5.74, 6) is -0.128. The first-order valence-corrected chi connectivity index (χ1v) is 11.0. The Kier molecular flexibility index (Phi) is 6.54. The van der Waals surface area contributed by atoms with Crippen molar-refractivity contribution in [3.05, 3.63) is 102 Å². The number of aryl methyl sites for hydroxylation is 1. The van der Waals surface area contributed by atoms with Gasteiger partial charge in [-0.3, -0.25) is 9.59 Å². The number of carbonyl (C=O) groups excluding carboxylic acids is 2. The van der Waals surface area contributed by atoms with Crippen LogP contribution in [-0.4, -0.2) is 26.1 Å². The minimum atomic E-state index is -0.190. The molecule has 0 aliphatic rings. The quantitative estimate of drug-likeness (QED) is 0.443. The Morgan fingerprint density at radius 2 is 1.85 bits per heavy atom. The number of hydrogen-bond donors (Lipinski definition) is 1. The number of carbonyl (C=O) groups is 2. The average molecular weight is 441 g/mol. The van der Waals surface area contributed by atoms with Gasteiger partial charge in [0.1, 0.15) is 5.65 Å². The van der Waals surface area contributed by atoms with Crippen molar-refractivity contribution in [3.63, 3.8) is 0 Å². The van der Waals surface area contributed by atoms with Gasteiger partial charge in [0.05, 0.1) is 18.2 Å². The summed E-state index contributed by atoms with van der Waals surface area (Å²) in [6.45, 7) is 6.00. The van der Waals surface area contributed by atoms with E-state index in [4.69, 9.17) is 0 Å². The maximum Gasteiger partial charge on any atom is 0.229 e. The highest BCUT2D eigenvalue weighted by Crippen LogP contribution is 2.26. The lowest BCUT2D eigenvalue weighted by Crippen LogP contribution is -2.34. The molecule has 1 atom stereocenters. The number of imidazole rings is 1. The Hall–Kier alpha value is -3.93. The zero-order valence-corrected chi connectivity index (χ0v) is 19.2. The highest BCUT2D eigenvalue weighted by Gasteiger charge is 2.23. The molecule has 2 amide bonds. The van der Waals surface area contributed by atoms with Gasteiger partial charge in [-0.1, -0.05) is 48.5 Å². The van der Waals surface area contributed by atoms with Crippen LogP contribution in [0.25, 0.3) is 5.65 Å². The molecule has 1 unspecified atom stereocenters. The van der Waals surface area contributed by atoms with Gasteiger partial charge in [-0.15, -0.1) is 0 Å². The molecule has 0 bridgehead atoms. The topological polar surface area (TPSA) is 66.7 Å². The largest absolute Gasteiger partial charge is 0.331 e. The van der Waals surface area contributed by atoms with E-state index in [-0.39, 0.29) is 24.3 Å². The van der Waals surface area contributed by atoms with Crippen molar-refractivity contribution in [1.82, 2.24) is 14.3 Å². The minimum Gasteiger partial charge on any atom is -0.331 e. The molecule has 2 aromatic carbocycles. The Morgan fingerprint density at radius 3 is 2.58 bits per heavy atom. The predicted molar refractivity (Wildman–Crippen MR) is 130 cm³/mol. The van der Waals surface area contributed by atoms with Gasteiger partial charge in [-0.25, -0.2) is 4.98 Å². The summed E-state index contributed by atoms with van der Waals surface area (Å²) < 4.78 is 1.96. The highest BCUT2D eigenvalue weighted by molar-refractivity contribution is 5.88. The zero-order chi connectivity index (χ0) is 23.4. The summed E-state index contributed by atoms with van der Waals surface area (Å²) in [6, 6.07) is 21.4. The number of aromatic nitrogens is 2. The smallest absolute Gasteiger partial charge is 0.229 e. The van der Waals surface area contributed by atoms with Gasteiger partial charge < -0.3 is 14.6 Å². The fourth-order valence-electron chi connectivity index (χ4n) is 4.03. The SMILES string of the molecule is CC(=O)Nc1cccc(C(C)N(Cc2ccccc2)C(=O)Cc2cn3cccc(C)c3n2)c1. The molecular formula is C27H28N4O2. The molecule has 4 aromatic rings. The second-order valence-electron chi connectivity index (χ2n) is 8.32. The number of benzene rings is 2. The van der Waals surface area contributed by atoms with Crippen LogP contribution < -0.4 is 5.32 Å². The molecule has 0 saturated heterocycles. The van der Waals surface area contributed by atoms with E-state index >= 15 is 0 Å². The Balaban J connectivity index is 1.63. The molecule has 6 heteroatoms. The summed E-state index contributed by atoms with van der Waals surface area (Å²) >= 11 is 0. The van der Waals surface area contributed by atoms with Crippen molar-refractivity contribution in [1.29, 1.82) is 0 Å². The van der Waals surface area contributed by atoms with Gasteiger partial charge in [0.2, 0.25) is 11.8 Å². The van der Waals surface area contributed by atoms with Crippen molar-refractivity contribution in [2.75, 3.05) is 5.32 Å². The average Bonchev–Trinajstić information content (AvgIpc) is 3.21. The summed E-state index contributed by atoms with van der Waals surface area (Å²) in [5, 5.41) is 2.82. The molecule has 6 nitrogen and oxygen atoms in total. The monoisotopic (exact) mass is 440 g/mol. The number of anilines is 1. The molecule has 4 rings (SSSR count). The third-order valence-corrected chi connectivity index (χ3v) is 5.73. The van der Waals surface area contributed by atoms with E-state index in [1.54, 1.807) is 0 Å². The number of pyridine rings is 1. The van der Waals surface area contributed by atoms with Crippen LogP contribution in [0.1, 0.15) is 42.3 Å². The number of nitrogens with zero attached hydrogens (tertiary/aromatic N) is 3. The van der Waals surface area contributed by atoms with Crippen LogP contribution in [0.15, 0.2) is 79.1 Å². The van der Waals surface area contributed by atoms with Crippen LogP contribution in [0.2, 0.25) is 0 Å². The minimum absolute atomic E-state index is 0.00246. The Bertz CT molecular complexity index is 1280. The molecule has 0 aliphatic heterocycles. The van der Waals surface area contributed by atoms with Gasteiger partial charge >= 0.3 is 0 Å². The van der Waals surface area contributed by atoms with Crippen molar-refractivity contribution >= 4 is 23.1 Å². The summed E-state index contributed by atoms with van der Waals surface area (Å²) in [4.78, 5) is 31.6. The van der Waals surface area contributed by atoms with Crippen LogP contribution >= 0.6 is 0 Å². The highest BCUT2D eigenvalue weighted by atomic mass is 16.2. The van der Waals surface area contributed by atoms with Gasteiger partial charge in [0.25, 0.3) is 0 Å². The first kappa shape index (κ1) is 22.3. The standard InChI is InChI=1S/C27H28N4O2/c1-19-9-8-14-30-18-25(29-27(19)30)16-26(33)31(17-22-10-5-4-6-11-22)20(2)23-12-7-13-24(15-23)28-21(3)32/h4-15,18,20H,16-17H2,1-3H3,(H,28,32). The van der Waals surface area contributed by atoms with Crippen molar-refractivity contribution < 1.29 is 9.59 Å². The fraction of sp³-hybridized carbons (Fsp3) is 0.222. The third kappa shape index (κ3) is 5.29. The molecule has 0 aliphatic carbocycles. The number of rotatable bonds is 7. The molecule has 0 saturated carbocycles. The van der Waals surface area contributed by atoms with Crippen molar-refractivity contribution in [3.8, 4) is 0 Å². The third-order valence-electron chi connectivity index (χ3n) is 5.73. The maximum absolute atomic E-state index is 13.6. The molecule has 0 spiro atoms. The summed E-state index contributed by atoms with van der Waals surface area (Å²) in [5.41, 5.74) is 5.41. The van der Waals surface area contributed by atoms with E-state index in [0.29, 0.717) is 6.54 Å². The van der Waals surface area contributed by atoms with Crippen LogP contribution in [0.3, 0.4) is 0 Å². The molecule has 1 N–H and O–H groups in total. The normalized spacial score (nSPS) is 11.8. The Morgan fingerprint density at radius 1 is 1.06 bits per heavy atom. The van der Waals surface area contributed by atoms with E-state index in [1.165, 1.54) is 6.92 Å². The van der Waals surface area contributed by atoms with Crippen molar-refractivity contribution in [2.24, 2.45) is 0 Å².